The normalized spacial score (nSPS) is 14.8. The van der Waals surface area contributed by atoms with Crippen LogP contribution in [0.3, 0.4) is 0 Å². The fourth-order valence-corrected chi connectivity index (χ4v) is 1.16. The summed E-state index contributed by atoms with van der Waals surface area (Å²) in [6, 6.07) is -0.536. The molecule has 1 atom stereocenters. The van der Waals surface area contributed by atoms with Crippen LogP contribution in [0.5, 0.6) is 0 Å². The first-order chi connectivity index (χ1) is 9.04. The molecule has 1 aromatic rings. The zero-order valence-electron chi connectivity index (χ0n) is 11.4. The van der Waals surface area contributed by atoms with Crippen molar-refractivity contribution in [3.05, 3.63) is 11.7 Å². The molecule has 1 aromatic heterocycles. The van der Waals surface area contributed by atoms with E-state index >= 15 is 0 Å². The van der Waals surface area contributed by atoms with E-state index < -0.39 is 31.6 Å². The van der Waals surface area contributed by atoms with E-state index in [1.807, 2.05) is 20.8 Å². The summed E-state index contributed by atoms with van der Waals surface area (Å²) in [5, 5.41) is 3.49. The van der Waals surface area contributed by atoms with Gasteiger partial charge in [0.15, 0.2) is 5.82 Å². The fraction of sp³-hybridized carbons (Fsp3) is 0.818. The number of alkyl halides is 4. The molecule has 20 heavy (non-hydrogen) atoms. The van der Waals surface area contributed by atoms with E-state index in [0.717, 1.165) is 0 Å². The summed E-state index contributed by atoms with van der Waals surface area (Å²) in [5.74, 6) is -4.09. The minimum atomic E-state index is -4.20. The maximum atomic E-state index is 12.6. The fourth-order valence-electron chi connectivity index (χ4n) is 1.16. The molecule has 0 bridgehead atoms. The van der Waals surface area contributed by atoms with Crippen molar-refractivity contribution in [1.29, 1.82) is 0 Å². The van der Waals surface area contributed by atoms with Crippen LogP contribution in [0, 0.1) is 5.41 Å². The van der Waals surface area contributed by atoms with Crippen molar-refractivity contribution in [3.63, 3.8) is 0 Å². The average molecular weight is 299 g/mol. The number of ether oxygens (including phenoxy) is 1. The van der Waals surface area contributed by atoms with Gasteiger partial charge in [-0.15, -0.1) is 0 Å². The molecule has 0 saturated heterocycles. The van der Waals surface area contributed by atoms with E-state index in [1.54, 1.807) is 0 Å². The molecule has 2 N–H and O–H groups in total. The van der Waals surface area contributed by atoms with Gasteiger partial charge in [0, 0.05) is 0 Å². The van der Waals surface area contributed by atoms with Crippen LogP contribution in [0.4, 0.5) is 17.6 Å². The van der Waals surface area contributed by atoms with E-state index in [-0.39, 0.29) is 17.1 Å². The molecule has 0 aliphatic carbocycles. The van der Waals surface area contributed by atoms with Crippen LogP contribution in [-0.4, -0.2) is 29.1 Å². The molecule has 0 aliphatic heterocycles. The lowest BCUT2D eigenvalue weighted by Crippen LogP contribution is -2.32. The third kappa shape index (κ3) is 4.41. The van der Waals surface area contributed by atoms with Gasteiger partial charge in [-0.3, -0.25) is 0 Å². The van der Waals surface area contributed by atoms with Gasteiger partial charge >= 0.3 is 12.3 Å². The molecule has 0 spiro atoms. The van der Waals surface area contributed by atoms with E-state index in [2.05, 4.69) is 14.9 Å². The first-order valence-corrected chi connectivity index (χ1v) is 5.86. The second-order valence-electron chi connectivity index (χ2n) is 5.45. The third-order valence-electron chi connectivity index (χ3n) is 2.53. The van der Waals surface area contributed by atoms with Gasteiger partial charge in [0.1, 0.15) is 13.2 Å². The lowest BCUT2D eigenvalue weighted by atomic mass is 9.87. The van der Waals surface area contributed by atoms with Gasteiger partial charge in [0.05, 0.1) is 6.04 Å². The molecular formula is C11H17F4N3O2. The Morgan fingerprint density at radius 3 is 2.40 bits per heavy atom. The van der Waals surface area contributed by atoms with Crippen molar-refractivity contribution in [2.45, 2.75) is 45.8 Å². The number of halogens is 4. The summed E-state index contributed by atoms with van der Waals surface area (Å²) in [6.45, 7) is 3.71. The van der Waals surface area contributed by atoms with Crippen LogP contribution >= 0.6 is 0 Å². The van der Waals surface area contributed by atoms with Crippen LogP contribution in [0.2, 0.25) is 0 Å². The Bertz CT molecular complexity index is 432. The van der Waals surface area contributed by atoms with E-state index in [4.69, 9.17) is 10.3 Å². The molecule has 1 heterocycles. The van der Waals surface area contributed by atoms with Crippen molar-refractivity contribution in [2.75, 3.05) is 6.61 Å². The van der Waals surface area contributed by atoms with Gasteiger partial charge in [-0.25, -0.2) is 8.78 Å². The summed E-state index contributed by atoms with van der Waals surface area (Å²) in [6.07, 6.45) is -3.78. The van der Waals surface area contributed by atoms with E-state index in [0.29, 0.717) is 0 Å². The molecule has 5 nitrogen and oxygen atoms in total. The molecule has 0 aromatic carbocycles. The highest BCUT2D eigenvalue weighted by atomic mass is 19.3. The Balaban J connectivity index is 2.54. The standard InChI is InChI=1S/C11H17F4N3O2/c1-10(2,3)7(16)8-17-6(18-20-8)4-19-5-11(14,15)9(12)13/h7,9H,4-5,16H2,1-3H3/t7-/m1/s1. The van der Waals surface area contributed by atoms with Crippen LogP contribution in [0.15, 0.2) is 4.52 Å². The number of hydrogen-bond acceptors (Lipinski definition) is 5. The van der Waals surface area contributed by atoms with Crippen molar-refractivity contribution in [2.24, 2.45) is 11.1 Å². The predicted octanol–water partition coefficient (Wildman–Crippen LogP) is 2.53. The van der Waals surface area contributed by atoms with Crippen molar-refractivity contribution in [1.82, 2.24) is 10.1 Å². The van der Waals surface area contributed by atoms with Gasteiger partial charge in [0.2, 0.25) is 5.89 Å². The highest BCUT2D eigenvalue weighted by Crippen LogP contribution is 2.29. The molecular weight excluding hydrogens is 282 g/mol. The summed E-state index contributed by atoms with van der Waals surface area (Å²) >= 11 is 0. The second kappa shape index (κ2) is 6.04. The summed E-state index contributed by atoms with van der Waals surface area (Å²) in [5.41, 5.74) is 5.54. The quantitative estimate of drug-likeness (QED) is 0.817. The molecule has 0 amide bonds. The molecule has 0 aliphatic rings. The maximum absolute atomic E-state index is 12.6. The molecule has 0 fully saturated rings. The number of aromatic nitrogens is 2. The Labute approximate surface area is 113 Å². The van der Waals surface area contributed by atoms with Gasteiger partial charge < -0.3 is 15.0 Å². The Morgan fingerprint density at radius 2 is 1.90 bits per heavy atom. The first kappa shape index (κ1) is 16.8. The zero-order valence-corrected chi connectivity index (χ0v) is 11.4. The SMILES string of the molecule is CC(C)(C)[C@H](N)c1nc(COCC(F)(F)C(F)F)no1. The summed E-state index contributed by atoms with van der Waals surface area (Å²) < 4.78 is 58.3. The highest BCUT2D eigenvalue weighted by Gasteiger charge is 2.41. The van der Waals surface area contributed by atoms with Gasteiger partial charge in [0.25, 0.3) is 0 Å². The Hall–Kier alpha value is -1.22. The average Bonchev–Trinajstić information content (AvgIpc) is 2.74. The van der Waals surface area contributed by atoms with Crippen molar-refractivity contribution in [3.8, 4) is 0 Å². The summed E-state index contributed by atoms with van der Waals surface area (Å²) in [7, 11) is 0. The number of nitrogens with zero attached hydrogens (tertiary/aromatic N) is 2. The topological polar surface area (TPSA) is 74.2 Å². The largest absolute Gasteiger partial charge is 0.367 e. The third-order valence-corrected chi connectivity index (χ3v) is 2.53. The molecule has 0 radical (unpaired) electrons. The van der Waals surface area contributed by atoms with Gasteiger partial charge in [-0.2, -0.15) is 13.8 Å². The van der Waals surface area contributed by atoms with Crippen LogP contribution in [0.25, 0.3) is 0 Å². The smallest absolute Gasteiger partial charge is 0.330 e. The van der Waals surface area contributed by atoms with E-state index in [9.17, 15) is 17.6 Å². The van der Waals surface area contributed by atoms with Crippen LogP contribution < -0.4 is 5.73 Å². The number of nitrogens with two attached hydrogens (primary N) is 1. The van der Waals surface area contributed by atoms with Crippen LogP contribution in [0.1, 0.15) is 38.5 Å². The summed E-state index contributed by atoms with van der Waals surface area (Å²) in [4.78, 5) is 3.88. The van der Waals surface area contributed by atoms with Crippen LogP contribution in [-0.2, 0) is 11.3 Å². The molecule has 9 heteroatoms. The lowest BCUT2D eigenvalue weighted by Gasteiger charge is -2.23. The number of rotatable bonds is 6. The Morgan fingerprint density at radius 1 is 1.30 bits per heavy atom. The second-order valence-corrected chi connectivity index (χ2v) is 5.45. The first-order valence-electron chi connectivity index (χ1n) is 5.86. The van der Waals surface area contributed by atoms with E-state index in [1.165, 1.54) is 0 Å². The Kier molecular flexibility index (Phi) is 5.09. The minimum absolute atomic E-state index is 0.0234. The van der Waals surface area contributed by atoms with Crippen molar-refractivity contribution >= 4 is 0 Å². The lowest BCUT2D eigenvalue weighted by molar-refractivity contribution is -0.168. The minimum Gasteiger partial charge on any atom is -0.367 e. The van der Waals surface area contributed by atoms with Gasteiger partial charge in [-0.1, -0.05) is 25.9 Å². The molecule has 0 saturated carbocycles. The van der Waals surface area contributed by atoms with Crippen molar-refractivity contribution < 1.29 is 26.8 Å². The molecule has 116 valence electrons. The number of hydrogen-bond donors (Lipinski definition) is 1. The molecule has 0 unspecified atom stereocenters. The zero-order chi connectivity index (χ0) is 15.6. The highest BCUT2D eigenvalue weighted by molar-refractivity contribution is 4.95. The monoisotopic (exact) mass is 299 g/mol. The maximum Gasteiger partial charge on any atom is 0.330 e. The predicted molar refractivity (Wildman–Crippen MR) is 61.3 cm³/mol. The van der Waals surface area contributed by atoms with Gasteiger partial charge in [-0.05, 0) is 5.41 Å². The molecule has 1 rings (SSSR count).